The molecule has 1 N–H and O–H groups in total. The lowest BCUT2D eigenvalue weighted by Gasteiger charge is -2.13. The van der Waals surface area contributed by atoms with Crippen molar-refractivity contribution in [2.45, 2.75) is 19.9 Å². The van der Waals surface area contributed by atoms with E-state index in [-0.39, 0.29) is 13.2 Å². The van der Waals surface area contributed by atoms with Gasteiger partial charge in [0.25, 0.3) is 5.91 Å². The van der Waals surface area contributed by atoms with Gasteiger partial charge in [-0.05, 0) is 26.0 Å². The Balaban J connectivity index is 2.43. The summed E-state index contributed by atoms with van der Waals surface area (Å²) in [6.07, 6.45) is 0. The van der Waals surface area contributed by atoms with Gasteiger partial charge in [-0.25, -0.2) is 4.79 Å². The lowest BCUT2D eigenvalue weighted by atomic mass is 10.3. The molecule has 1 aromatic rings. The second-order valence-electron chi connectivity index (χ2n) is 3.91. The van der Waals surface area contributed by atoms with Gasteiger partial charge in [0.05, 0.1) is 16.7 Å². The second kappa shape index (κ2) is 7.97. The Labute approximate surface area is 127 Å². The summed E-state index contributed by atoms with van der Waals surface area (Å²) in [5.41, 5.74) is 0. The summed E-state index contributed by atoms with van der Waals surface area (Å²) in [5, 5.41) is 3.20. The molecule has 0 aliphatic rings. The van der Waals surface area contributed by atoms with Crippen molar-refractivity contribution in [1.82, 2.24) is 5.32 Å². The van der Waals surface area contributed by atoms with E-state index >= 15 is 0 Å². The minimum absolute atomic E-state index is 0.234. The second-order valence-corrected chi connectivity index (χ2v) is 4.72. The molecule has 20 heavy (non-hydrogen) atoms. The van der Waals surface area contributed by atoms with Gasteiger partial charge in [-0.15, -0.1) is 0 Å². The summed E-state index contributed by atoms with van der Waals surface area (Å²) < 4.78 is 10.0. The van der Waals surface area contributed by atoms with Gasteiger partial charge in [-0.3, -0.25) is 4.79 Å². The topological polar surface area (TPSA) is 64.6 Å². The number of esters is 1. The highest BCUT2D eigenvalue weighted by atomic mass is 35.5. The number of ether oxygens (including phenoxy) is 2. The van der Waals surface area contributed by atoms with Crippen LogP contribution in [0.4, 0.5) is 0 Å². The van der Waals surface area contributed by atoms with E-state index in [1.807, 2.05) is 0 Å². The van der Waals surface area contributed by atoms with Crippen molar-refractivity contribution in [1.29, 1.82) is 0 Å². The standard InChI is InChI=1S/C13H15Cl2NO4/c1-3-19-13(18)8(2)16-12(17)7-20-9-4-5-10(14)11(15)6-9/h4-6,8H,3,7H2,1-2H3,(H,16,17). The number of carbonyl (C=O) groups is 2. The number of halogens is 2. The lowest BCUT2D eigenvalue weighted by Crippen LogP contribution is -2.41. The molecule has 1 amide bonds. The van der Waals surface area contributed by atoms with Crippen molar-refractivity contribution < 1.29 is 19.1 Å². The number of hydrogen-bond donors (Lipinski definition) is 1. The third-order valence-electron chi connectivity index (χ3n) is 2.28. The van der Waals surface area contributed by atoms with Gasteiger partial charge in [0.2, 0.25) is 0 Å². The first-order valence-corrected chi connectivity index (χ1v) is 6.73. The van der Waals surface area contributed by atoms with Gasteiger partial charge in [0, 0.05) is 6.07 Å². The van der Waals surface area contributed by atoms with Crippen LogP contribution in [-0.2, 0) is 14.3 Å². The predicted molar refractivity (Wildman–Crippen MR) is 76.2 cm³/mol. The number of hydrogen-bond acceptors (Lipinski definition) is 4. The smallest absolute Gasteiger partial charge is 0.328 e. The van der Waals surface area contributed by atoms with Crippen LogP contribution >= 0.6 is 23.2 Å². The molecule has 1 aromatic carbocycles. The maximum Gasteiger partial charge on any atom is 0.328 e. The van der Waals surface area contributed by atoms with E-state index in [1.54, 1.807) is 19.1 Å². The molecule has 7 heteroatoms. The fourth-order valence-electron chi connectivity index (χ4n) is 1.32. The lowest BCUT2D eigenvalue weighted by molar-refractivity contribution is -0.147. The molecule has 5 nitrogen and oxygen atoms in total. The molecule has 1 rings (SSSR count). The van der Waals surface area contributed by atoms with E-state index < -0.39 is 17.9 Å². The molecule has 0 saturated carbocycles. The zero-order chi connectivity index (χ0) is 15.1. The van der Waals surface area contributed by atoms with E-state index in [1.165, 1.54) is 13.0 Å². The molecule has 0 saturated heterocycles. The van der Waals surface area contributed by atoms with Crippen molar-refractivity contribution in [2.75, 3.05) is 13.2 Å². The molecule has 0 spiro atoms. The van der Waals surface area contributed by atoms with Crippen molar-refractivity contribution in [3.8, 4) is 5.75 Å². The molecule has 110 valence electrons. The predicted octanol–water partition coefficient (Wildman–Crippen LogP) is 2.44. The van der Waals surface area contributed by atoms with E-state index in [0.29, 0.717) is 15.8 Å². The van der Waals surface area contributed by atoms with Gasteiger partial charge >= 0.3 is 5.97 Å². The minimum atomic E-state index is -0.722. The normalized spacial score (nSPS) is 11.6. The summed E-state index contributed by atoms with van der Waals surface area (Å²) in [7, 11) is 0. The summed E-state index contributed by atoms with van der Waals surface area (Å²) in [5.74, 6) is -0.509. The van der Waals surface area contributed by atoms with Crippen LogP contribution in [0.2, 0.25) is 10.0 Å². The molecule has 1 atom stereocenters. The summed E-state index contributed by atoms with van der Waals surface area (Å²) in [4.78, 5) is 22.9. The summed E-state index contributed by atoms with van der Waals surface area (Å²) >= 11 is 11.6. The first kappa shape index (κ1) is 16.6. The molecule has 0 aliphatic carbocycles. The maximum absolute atomic E-state index is 11.6. The Morgan fingerprint density at radius 3 is 2.60 bits per heavy atom. The molecule has 0 aliphatic heterocycles. The number of benzene rings is 1. The van der Waals surface area contributed by atoms with Crippen LogP contribution in [0.15, 0.2) is 18.2 Å². The van der Waals surface area contributed by atoms with Gasteiger partial charge in [0.15, 0.2) is 6.61 Å². The summed E-state index contributed by atoms with van der Waals surface area (Å²) in [6.45, 7) is 3.26. The van der Waals surface area contributed by atoms with E-state index in [9.17, 15) is 9.59 Å². The molecule has 0 fully saturated rings. The highest BCUT2D eigenvalue weighted by Crippen LogP contribution is 2.26. The van der Waals surface area contributed by atoms with Crippen LogP contribution in [0, 0.1) is 0 Å². The highest BCUT2D eigenvalue weighted by Gasteiger charge is 2.16. The van der Waals surface area contributed by atoms with Crippen LogP contribution in [0.3, 0.4) is 0 Å². The monoisotopic (exact) mass is 319 g/mol. The Morgan fingerprint density at radius 1 is 1.30 bits per heavy atom. The largest absolute Gasteiger partial charge is 0.484 e. The molecule has 0 bridgehead atoms. The molecule has 0 radical (unpaired) electrons. The Hall–Kier alpha value is -1.46. The molecule has 0 aromatic heterocycles. The SMILES string of the molecule is CCOC(=O)C(C)NC(=O)COc1ccc(Cl)c(Cl)c1. The summed E-state index contributed by atoms with van der Waals surface area (Å²) in [6, 6.07) is 3.94. The van der Waals surface area contributed by atoms with Crippen LogP contribution < -0.4 is 10.1 Å². The van der Waals surface area contributed by atoms with Crippen LogP contribution in [-0.4, -0.2) is 31.1 Å². The van der Waals surface area contributed by atoms with Crippen molar-refractivity contribution in [3.05, 3.63) is 28.2 Å². The van der Waals surface area contributed by atoms with Crippen LogP contribution in [0.1, 0.15) is 13.8 Å². The van der Waals surface area contributed by atoms with E-state index in [2.05, 4.69) is 5.32 Å². The average molecular weight is 320 g/mol. The van der Waals surface area contributed by atoms with Crippen LogP contribution in [0.5, 0.6) is 5.75 Å². The average Bonchev–Trinajstić information content (AvgIpc) is 2.40. The molecule has 1 unspecified atom stereocenters. The number of carbonyl (C=O) groups excluding carboxylic acids is 2. The van der Waals surface area contributed by atoms with Gasteiger partial charge in [-0.2, -0.15) is 0 Å². The number of nitrogens with one attached hydrogen (secondary N) is 1. The third kappa shape index (κ3) is 5.27. The van der Waals surface area contributed by atoms with Gasteiger partial charge < -0.3 is 14.8 Å². The molecule has 0 heterocycles. The fourth-order valence-corrected chi connectivity index (χ4v) is 1.61. The first-order valence-electron chi connectivity index (χ1n) is 5.98. The number of rotatable bonds is 6. The number of amides is 1. The van der Waals surface area contributed by atoms with Gasteiger partial charge in [-0.1, -0.05) is 23.2 Å². The highest BCUT2D eigenvalue weighted by molar-refractivity contribution is 6.42. The first-order chi connectivity index (χ1) is 9.43. The van der Waals surface area contributed by atoms with E-state index in [4.69, 9.17) is 32.7 Å². The van der Waals surface area contributed by atoms with Crippen molar-refractivity contribution >= 4 is 35.1 Å². The Bertz CT molecular complexity index is 493. The van der Waals surface area contributed by atoms with Crippen molar-refractivity contribution in [2.24, 2.45) is 0 Å². The molecular formula is C13H15Cl2NO4. The zero-order valence-corrected chi connectivity index (χ0v) is 12.6. The van der Waals surface area contributed by atoms with Crippen LogP contribution in [0.25, 0.3) is 0 Å². The van der Waals surface area contributed by atoms with E-state index in [0.717, 1.165) is 0 Å². The fraction of sp³-hybridized carbons (Fsp3) is 0.385. The Kier molecular flexibility index (Phi) is 6.61. The maximum atomic E-state index is 11.6. The van der Waals surface area contributed by atoms with Crippen molar-refractivity contribution in [3.63, 3.8) is 0 Å². The Morgan fingerprint density at radius 2 is 2.00 bits per heavy atom. The van der Waals surface area contributed by atoms with Gasteiger partial charge in [0.1, 0.15) is 11.8 Å². The zero-order valence-electron chi connectivity index (χ0n) is 11.1. The molecular weight excluding hydrogens is 305 g/mol. The quantitative estimate of drug-likeness (QED) is 0.818. The third-order valence-corrected chi connectivity index (χ3v) is 3.02. The minimum Gasteiger partial charge on any atom is -0.484 e.